The number of rotatable bonds is 9. The van der Waals surface area contributed by atoms with Gasteiger partial charge < -0.3 is 15.0 Å². The van der Waals surface area contributed by atoms with Gasteiger partial charge in [-0.05, 0) is 43.8 Å². The Labute approximate surface area is 181 Å². The number of methoxy groups -OCH3 is 1. The molecule has 0 saturated heterocycles. The lowest BCUT2D eigenvalue weighted by molar-refractivity contribution is 0.304. The first-order chi connectivity index (χ1) is 13.2. The molecule has 0 spiro atoms. The Hall–Kier alpha value is -1.53. The Kier molecular flexibility index (Phi) is 8.83. The Bertz CT molecular complexity index is 923. The molecule has 0 aliphatic rings. The summed E-state index contributed by atoms with van der Waals surface area (Å²) < 4.78 is 5.30. The minimum atomic E-state index is 0. The summed E-state index contributed by atoms with van der Waals surface area (Å²) in [6.45, 7) is 5.90. The van der Waals surface area contributed by atoms with E-state index in [0.717, 1.165) is 60.2 Å². The van der Waals surface area contributed by atoms with Gasteiger partial charge in [-0.25, -0.2) is 9.97 Å². The molecule has 8 heteroatoms. The number of nitrogens with one attached hydrogen (secondary N) is 1. The fraction of sp³-hybridized carbons (Fsp3) is 0.400. The molecular formula is C20H25Cl3N4O. The molecule has 3 aromatic rings. The van der Waals surface area contributed by atoms with Gasteiger partial charge in [0.15, 0.2) is 0 Å². The normalized spacial score (nSPS) is 11.0. The van der Waals surface area contributed by atoms with E-state index >= 15 is 0 Å². The van der Waals surface area contributed by atoms with Crippen LogP contribution in [0.4, 0.5) is 5.69 Å². The van der Waals surface area contributed by atoms with Crippen molar-refractivity contribution >= 4 is 63.2 Å². The molecular weight excluding hydrogens is 419 g/mol. The zero-order chi connectivity index (χ0) is 19.2. The van der Waals surface area contributed by atoms with E-state index in [4.69, 9.17) is 32.9 Å². The molecule has 0 fully saturated rings. The van der Waals surface area contributed by atoms with Gasteiger partial charge in [-0.15, -0.1) is 24.0 Å². The highest BCUT2D eigenvalue weighted by atomic mass is 35.5. The number of ether oxygens (including phenoxy) is 1. The van der Waals surface area contributed by atoms with Crippen LogP contribution >= 0.6 is 35.6 Å². The molecule has 0 aliphatic heterocycles. The summed E-state index contributed by atoms with van der Waals surface area (Å²) in [6.07, 6.45) is 1.01. The molecule has 2 aromatic heterocycles. The molecule has 152 valence electrons. The summed E-state index contributed by atoms with van der Waals surface area (Å²) in [5, 5.41) is 5.23. The predicted molar refractivity (Wildman–Crippen MR) is 122 cm³/mol. The highest BCUT2D eigenvalue weighted by molar-refractivity contribution is 6.31. The summed E-state index contributed by atoms with van der Waals surface area (Å²) in [4.78, 5) is 11.7. The van der Waals surface area contributed by atoms with Gasteiger partial charge >= 0.3 is 0 Å². The third-order valence-corrected chi connectivity index (χ3v) is 4.97. The van der Waals surface area contributed by atoms with Crippen molar-refractivity contribution in [2.45, 2.75) is 13.3 Å². The molecule has 1 aromatic carbocycles. The van der Waals surface area contributed by atoms with Crippen LogP contribution in [0.3, 0.4) is 0 Å². The topological polar surface area (TPSA) is 50.3 Å². The van der Waals surface area contributed by atoms with Crippen LogP contribution in [-0.2, 0) is 0 Å². The number of alkyl halides is 1. The number of fused-ring (bicyclic) bond motifs is 2. The van der Waals surface area contributed by atoms with Crippen molar-refractivity contribution in [2.75, 3.05) is 44.5 Å². The van der Waals surface area contributed by atoms with E-state index in [2.05, 4.69) is 22.1 Å². The molecule has 0 saturated carbocycles. The van der Waals surface area contributed by atoms with Crippen molar-refractivity contribution in [1.29, 1.82) is 0 Å². The largest absolute Gasteiger partial charge is 0.481 e. The fourth-order valence-electron chi connectivity index (χ4n) is 3.13. The van der Waals surface area contributed by atoms with Gasteiger partial charge in [0, 0.05) is 35.4 Å². The highest BCUT2D eigenvalue weighted by Crippen LogP contribution is 2.32. The smallest absolute Gasteiger partial charge is 0.213 e. The molecule has 0 radical (unpaired) electrons. The minimum Gasteiger partial charge on any atom is -0.481 e. The van der Waals surface area contributed by atoms with Crippen molar-refractivity contribution < 1.29 is 4.74 Å². The number of hydrogen-bond donors (Lipinski definition) is 1. The summed E-state index contributed by atoms with van der Waals surface area (Å²) in [6, 6.07) is 9.49. The standard InChI is InChI=1S/C20H24Cl2N4O.ClH/c1-3-26(12-9-21)11-4-10-23-19-15-6-5-14(22)13-17(15)24-16-7-8-18(27-2)25-20(16)19;/h5-8,13H,3-4,9-12H2,1-2H3,(H,23,24);1H. The SMILES string of the molecule is CCN(CCCl)CCCNc1c2ccc(Cl)cc2nc2ccc(OC)nc12.Cl. The second-order valence-electron chi connectivity index (χ2n) is 6.27. The van der Waals surface area contributed by atoms with Crippen LogP contribution < -0.4 is 10.1 Å². The average Bonchev–Trinajstić information content (AvgIpc) is 2.68. The summed E-state index contributed by atoms with van der Waals surface area (Å²) in [7, 11) is 1.62. The number of benzene rings is 1. The predicted octanol–water partition coefficient (Wildman–Crippen LogP) is 5.23. The lowest BCUT2D eigenvalue weighted by Crippen LogP contribution is -2.27. The van der Waals surface area contributed by atoms with E-state index in [0.29, 0.717) is 16.8 Å². The van der Waals surface area contributed by atoms with Crippen molar-refractivity contribution in [1.82, 2.24) is 14.9 Å². The summed E-state index contributed by atoms with van der Waals surface area (Å²) >= 11 is 12.0. The molecule has 0 aliphatic carbocycles. The van der Waals surface area contributed by atoms with Crippen molar-refractivity contribution in [2.24, 2.45) is 0 Å². The number of halogens is 3. The Balaban J connectivity index is 0.00000280. The van der Waals surface area contributed by atoms with Crippen LogP contribution in [0.25, 0.3) is 21.9 Å². The maximum absolute atomic E-state index is 6.16. The number of pyridine rings is 2. The maximum Gasteiger partial charge on any atom is 0.213 e. The van der Waals surface area contributed by atoms with Gasteiger partial charge in [0.25, 0.3) is 0 Å². The number of anilines is 1. The maximum atomic E-state index is 6.16. The number of nitrogens with zero attached hydrogens (tertiary/aromatic N) is 3. The molecule has 5 nitrogen and oxygen atoms in total. The summed E-state index contributed by atoms with van der Waals surface area (Å²) in [5.41, 5.74) is 3.43. The highest BCUT2D eigenvalue weighted by Gasteiger charge is 2.12. The van der Waals surface area contributed by atoms with Crippen LogP contribution in [-0.4, -0.2) is 54.0 Å². The molecule has 1 N–H and O–H groups in total. The van der Waals surface area contributed by atoms with Crippen molar-refractivity contribution in [3.63, 3.8) is 0 Å². The first-order valence-electron chi connectivity index (χ1n) is 9.12. The lowest BCUT2D eigenvalue weighted by atomic mass is 10.1. The minimum absolute atomic E-state index is 0. The lowest BCUT2D eigenvalue weighted by Gasteiger charge is -2.19. The molecule has 28 heavy (non-hydrogen) atoms. The fourth-order valence-corrected chi connectivity index (χ4v) is 3.54. The van der Waals surface area contributed by atoms with Crippen LogP contribution in [0, 0.1) is 0 Å². The third-order valence-electron chi connectivity index (χ3n) is 4.57. The van der Waals surface area contributed by atoms with Gasteiger partial charge in [-0.1, -0.05) is 18.5 Å². The van der Waals surface area contributed by atoms with Crippen molar-refractivity contribution in [3.8, 4) is 5.88 Å². The molecule has 0 amide bonds. The van der Waals surface area contributed by atoms with E-state index in [9.17, 15) is 0 Å². The quantitative estimate of drug-likeness (QED) is 0.279. The molecule has 0 unspecified atom stereocenters. The van der Waals surface area contributed by atoms with Gasteiger partial charge in [0.2, 0.25) is 5.88 Å². The van der Waals surface area contributed by atoms with Gasteiger partial charge in [-0.2, -0.15) is 0 Å². The Morgan fingerprint density at radius 3 is 2.64 bits per heavy atom. The number of hydrogen-bond acceptors (Lipinski definition) is 5. The molecule has 2 heterocycles. The van der Waals surface area contributed by atoms with E-state index in [1.807, 2.05) is 30.3 Å². The van der Waals surface area contributed by atoms with Crippen LogP contribution in [0.2, 0.25) is 5.02 Å². The molecule has 3 rings (SSSR count). The Morgan fingerprint density at radius 2 is 1.93 bits per heavy atom. The van der Waals surface area contributed by atoms with Gasteiger partial charge in [0.1, 0.15) is 5.52 Å². The van der Waals surface area contributed by atoms with Crippen LogP contribution in [0.5, 0.6) is 5.88 Å². The van der Waals surface area contributed by atoms with Crippen LogP contribution in [0.15, 0.2) is 30.3 Å². The molecule has 0 atom stereocenters. The van der Waals surface area contributed by atoms with E-state index < -0.39 is 0 Å². The van der Waals surface area contributed by atoms with E-state index in [1.54, 1.807) is 7.11 Å². The third kappa shape index (κ3) is 5.29. The van der Waals surface area contributed by atoms with Crippen molar-refractivity contribution in [3.05, 3.63) is 35.4 Å². The average molecular weight is 444 g/mol. The first kappa shape index (κ1) is 22.8. The van der Waals surface area contributed by atoms with Gasteiger partial charge in [0.05, 0.1) is 23.8 Å². The summed E-state index contributed by atoms with van der Waals surface area (Å²) in [5.74, 6) is 1.23. The monoisotopic (exact) mass is 442 g/mol. The zero-order valence-corrected chi connectivity index (χ0v) is 18.4. The first-order valence-corrected chi connectivity index (χ1v) is 10.0. The second kappa shape index (κ2) is 10.9. The zero-order valence-electron chi connectivity index (χ0n) is 16.0. The Morgan fingerprint density at radius 1 is 1.11 bits per heavy atom. The van der Waals surface area contributed by atoms with Gasteiger partial charge in [-0.3, -0.25) is 0 Å². The van der Waals surface area contributed by atoms with E-state index in [1.165, 1.54) is 0 Å². The number of aromatic nitrogens is 2. The molecule has 0 bridgehead atoms. The van der Waals surface area contributed by atoms with Crippen LogP contribution in [0.1, 0.15) is 13.3 Å². The van der Waals surface area contributed by atoms with E-state index in [-0.39, 0.29) is 12.4 Å². The second-order valence-corrected chi connectivity index (χ2v) is 7.09.